The summed E-state index contributed by atoms with van der Waals surface area (Å²) in [7, 11) is 2.11. The molecule has 4 nitrogen and oxygen atoms in total. The first-order valence-electron chi connectivity index (χ1n) is 10.7. The maximum atomic E-state index is 6.42. The Kier molecular flexibility index (Phi) is 4.18. The van der Waals surface area contributed by atoms with Crippen molar-refractivity contribution in [2.24, 2.45) is 7.05 Å². The molecule has 0 atom stereocenters. The standard InChI is InChI=1S/C28H22N3O/c1-19-17-18-22-26(32-27(29-22)20-11-5-3-6-12-20)25(19)28-30(2)23-15-9-10-16-24(23)31(28)21-13-7-4-8-14-21/h3-18H,1-2H3/q+1. The molecule has 4 heteroatoms. The van der Waals surface area contributed by atoms with Gasteiger partial charge >= 0.3 is 0 Å². The van der Waals surface area contributed by atoms with Crippen molar-refractivity contribution in [2.45, 2.75) is 6.92 Å². The SMILES string of the molecule is Cc1ccc2nc(-c3ccccc3)oc2c1-c1n(-c2ccccc2)c2ccccc2[n+]1C. The molecule has 0 radical (unpaired) electrons. The van der Waals surface area contributed by atoms with Crippen molar-refractivity contribution in [3.05, 3.63) is 103 Å². The van der Waals surface area contributed by atoms with Gasteiger partial charge in [0.05, 0.1) is 7.05 Å². The van der Waals surface area contributed by atoms with Crippen LogP contribution in [-0.2, 0) is 7.05 Å². The molecule has 0 fully saturated rings. The lowest BCUT2D eigenvalue weighted by Crippen LogP contribution is -2.30. The largest absolute Gasteiger partial charge is 0.435 e. The number of para-hydroxylation sites is 3. The molecule has 2 aromatic heterocycles. The molecule has 6 aromatic rings. The zero-order chi connectivity index (χ0) is 21.7. The van der Waals surface area contributed by atoms with Crippen molar-refractivity contribution in [2.75, 3.05) is 0 Å². The highest BCUT2D eigenvalue weighted by atomic mass is 16.3. The Bertz CT molecular complexity index is 1580. The van der Waals surface area contributed by atoms with Gasteiger partial charge in [0, 0.05) is 5.56 Å². The monoisotopic (exact) mass is 416 g/mol. The van der Waals surface area contributed by atoms with E-state index in [4.69, 9.17) is 9.40 Å². The molecule has 32 heavy (non-hydrogen) atoms. The topological polar surface area (TPSA) is 34.8 Å². The number of oxazole rings is 1. The molecule has 0 bridgehead atoms. The lowest BCUT2D eigenvalue weighted by molar-refractivity contribution is -0.633. The van der Waals surface area contributed by atoms with Gasteiger partial charge in [-0.05, 0) is 55.0 Å². The minimum absolute atomic E-state index is 0.637. The Balaban J connectivity index is 1.72. The maximum Gasteiger partial charge on any atom is 0.299 e. The molecule has 0 aliphatic carbocycles. The van der Waals surface area contributed by atoms with Gasteiger partial charge in [-0.25, -0.2) is 9.55 Å². The number of fused-ring (bicyclic) bond motifs is 2. The molecule has 0 aliphatic rings. The van der Waals surface area contributed by atoms with Gasteiger partial charge in [-0.2, -0.15) is 4.57 Å². The number of aryl methyl sites for hydroxylation is 2. The molecule has 0 unspecified atom stereocenters. The van der Waals surface area contributed by atoms with Gasteiger partial charge in [0.2, 0.25) is 5.89 Å². The van der Waals surface area contributed by atoms with Gasteiger partial charge in [0.1, 0.15) is 16.8 Å². The van der Waals surface area contributed by atoms with E-state index in [0.717, 1.165) is 50.3 Å². The number of rotatable bonds is 3. The zero-order valence-electron chi connectivity index (χ0n) is 18.0. The summed E-state index contributed by atoms with van der Waals surface area (Å²) in [5, 5.41) is 0. The first-order valence-corrected chi connectivity index (χ1v) is 10.7. The average molecular weight is 417 g/mol. The van der Waals surface area contributed by atoms with Crippen molar-refractivity contribution in [3.8, 4) is 28.5 Å². The summed E-state index contributed by atoms with van der Waals surface area (Å²) < 4.78 is 11.0. The molecule has 0 aliphatic heterocycles. The molecule has 0 amide bonds. The first-order chi connectivity index (χ1) is 15.7. The van der Waals surface area contributed by atoms with Crippen LogP contribution in [0.15, 0.2) is 101 Å². The highest BCUT2D eigenvalue weighted by molar-refractivity contribution is 5.93. The van der Waals surface area contributed by atoms with E-state index in [1.54, 1.807) is 0 Å². The second-order valence-electron chi connectivity index (χ2n) is 8.03. The molecule has 6 rings (SSSR count). The number of aromatic nitrogens is 3. The third-order valence-corrected chi connectivity index (χ3v) is 6.04. The lowest BCUT2D eigenvalue weighted by atomic mass is 10.1. The summed E-state index contributed by atoms with van der Waals surface area (Å²) in [5.74, 6) is 1.70. The predicted octanol–water partition coefficient (Wildman–Crippen LogP) is 6.24. The molecule has 154 valence electrons. The normalized spacial score (nSPS) is 11.4. The van der Waals surface area contributed by atoms with E-state index in [1.807, 2.05) is 42.5 Å². The van der Waals surface area contributed by atoms with Crippen molar-refractivity contribution in [3.63, 3.8) is 0 Å². The number of imidazole rings is 1. The van der Waals surface area contributed by atoms with Crippen LogP contribution in [0.2, 0.25) is 0 Å². The van der Waals surface area contributed by atoms with Crippen molar-refractivity contribution >= 4 is 22.1 Å². The van der Waals surface area contributed by atoms with Gasteiger partial charge in [0.15, 0.2) is 16.6 Å². The molecule has 0 saturated carbocycles. The second kappa shape index (κ2) is 7.20. The summed E-state index contributed by atoms with van der Waals surface area (Å²) in [6, 6.07) is 33.2. The van der Waals surface area contributed by atoms with Crippen LogP contribution >= 0.6 is 0 Å². The molecule has 4 aromatic carbocycles. The highest BCUT2D eigenvalue weighted by Crippen LogP contribution is 2.36. The fraction of sp³-hybridized carbons (Fsp3) is 0.0714. The zero-order valence-corrected chi connectivity index (χ0v) is 18.0. The van der Waals surface area contributed by atoms with Crippen LogP contribution in [0.4, 0.5) is 0 Å². The summed E-state index contributed by atoms with van der Waals surface area (Å²) >= 11 is 0. The summed E-state index contributed by atoms with van der Waals surface area (Å²) in [4.78, 5) is 4.81. The highest BCUT2D eigenvalue weighted by Gasteiger charge is 2.30. The first kappa shape index (κ1) is 18.6. The third-order valence-electron chi connectivity index (χ3n) is 6.04. The van der Waals surface area contributed by atoms with Crippen molar-refractivity contribution < 1.29 is 8.98 Å². The van der Waals surface area contributed by atoms with E-state index in [1.165, 1.54) is 0 Å². The van der Waals surface area contributed by atoms with Gasteiger partial charge < -0.3 is 4.42 Å². The maximum absolute atomic E-state index is 6.42. The van der Waals surface area contributed by atoms with Crippen LogP contribution < -0.4 is 4.57 Å². The van der Waals surface area contributed by atoms with Gasteiger partial charge in [-0.1, -0.05) is 54.6 Å². The Morgan fingerprint density at radius 3 is 2.25 bits per heavy atom. The van der Waals surface area contributed by atoms with Gasteiger partial charge in [-0.15, -0.1) is 0 Å². The van der Waals surface area contributed by atoms with Crippen LogP contribution in [0.5, 0.6) is 0 Å². The Morgan fingerprint density at radius 1 is 0.781 bits per heavy atom. The van der Waals surface area contributed by atoms with Crippen molar-refractivity contribution in [1.29, 1.82) is 0 Å². The molecular formula is C28H22N3O+. The fourth-order valence-electron chi connectivity index (χ4n) is 4.51. The third kappa shape index (κ3) is 2.77. The predicted molar refractivity (Wildman–Crippen MR) is 128 cm³/mol. The minimum atomic E-state index is 0.637. The summed E-state index contributed by atoms with van der Waals surface area (Å²) in [6.07, 6.45) is 0. The lowest BCUT2D eigenvalue weighted by Gasteiger charge is -2.06. The van der Waals surface area contributed by atoms with Crippen LogP contribution in [0.3, 0.4) is 0 Å². The molecule has 0 N–H and O–H groups in total. The van der Waals surface area contributed by atoms with Gasteiger partial charge in [-0.3, -0.25) is 0 Å². The second-order valence-corrected chi connectivity index (χ2v) is 8.03. The summed E-state index contributed by atoms with van der Waals surface area (Å²) in [5.41, 5.74) is 8.25. The number of nitrogens with zero attached hydrogens (tertiary/aromatic N) is 3. The molecule has 0 saturated heterocycles. The average Bonchev–Trinajstić information content (AvgIpc) is 3.40. The van der Waals surface area contributed by atoms with E-state index in [-0.39, 0.29) is 0 Å². The Labute approximate surface area is 186 Å². The smallest absolute Gasteiger partial charge is 0.299 e. The van der Waals surface area contributed by atoms with Crippen molar-refractivity contribution in [1.82, 2.24) is 9.55 Å². The van der Waals surface area contributed by atoms with E-state index in [9.17, 15) is 0 Å². The van der Waals surface area contributed by atoms with Gasteiger partial charge in [0.25, 0.3) is 5.82 Å². The van der Waals surface area contributed by atoms with Crippen LogP contribution in [-0.4, -0.2) is 9.55 Å². The van der Waals surface area contributed by atoms with Crippen LogP contribution in [0, 0.1) is 6.92 Å². The van der Waals surface area contributed by atoms with E-state index in [2.05, 4.69) is 77.7 Å². The molecule has 2 heterocycles. The Hall–Kier alpha value is -4.18. The quantitative estimate of drug-likeness (QED) is 0.320. The molecular weight excluding hydrogens is 394 g/mol. The number of benzene rings is 4. The van der Waals surface area contributed by atoms with E-state index in [0.29, 0.717) is 5.89 Å². The fourth-order valence-corrected chi connectivity index (χ4v) is 4.51. The number of hydrogen-bond donors (Lipinski definition) is 0. The summed E-state index contributed by atoms with van der Waals surface area (Å²) in [6.45, 7) is 2.13. The Morgan fingerprint density at radius 2 is 1.47 bits per heavy atom. The van der Waals surface area contributed by atoms with Crippen LogP contribution in [0.1, 0.15) is 5.56 Å². The minimum Gasteiger partial charge on any atom is -0.435 e. The van der Waals surface area contributed by atoms with Crippen LogP contribution in [0.25, 0.3) is 50.7 Å². The van der Waals surface area contributed by atoms with E-state index < -0.39 is 0 Å². The molecule has 0 spiro atoms. The van der Waals surface area contributed by atoms with E-state index >= 15 is 0 Å². The number of hydrogen-bond acceptors (Lipinski definition) is 2.